The number of methoxy groups -OCH3 is 1. The number of hydrogen-bond donors (Lipinski definition) is 1. The van der Waals surface area contributed by atoms with Gasteiger partial charge in [0.05, 0.1) is 5.69 Å². The molecule has 0 radical (unpaired) electrons. The normalized spacial score (nSPS) is 10.6. The van der Waals surface area contributed by atoms with Crippen LogP contribution in [0.15, 0.2) is 24.3 Å². The van der Waals surface area contributed by atoms with E-state index in [1.807, 2.05) is 12.1 Å². The van der Waals surface area contributed by atoms with Crippen LogP contribution in [0.25, 0.3) is 11.3 Å². The molecular formula is C14H16N2OS. The number of nitrogens with zero attached hydrogens (tertiary/aromatic N) is 1. The second-order valence-electron chi connectivity index (χ2n) is 4.26. The van der Waals surface area contributed by atoms with E-state index in [4.69, 9.17) is 17.0 Å². The predicted octanol–water partition coefficient (Wildman–Crippen LogP) is 3.57. The van der Waals surface area contributed by atoms with Gasteiger partial charge in [0.25, 0.3) is 0 Å². The van der Waals surface area contributed by atoms with Crippen molar-refractivity contribution in [1.82, 2.24) is 9.97 Å². The Bertz CT molecular complexity index is 619. The highest BCUT2D eigenvalue weighted by Crippen LogP contribution is 2.23. The van der Waals surface area contributed by atoms with Crippen LogP contribution in [0.4, 0.5) is 0 Å². The lowest BCUT2D eigenvalue weighted by Crippen LogP contribution is -1.99. The molecule has 0 aliphatic rings. The first-order chi connectivity index (χ1) is 8.61. The van der Waals surface area contributed by atoms with E-state index < -0.39 is 0 Å². The van der Waals surface area contributed by atoms with Crippen molar-refractivity contribution >= 4 is 12.2 Å². The summed E-state index contributed by atoms with van der Waals surface area (Å²) in [6.07, 6.45) is 0. The third kappa shape index (κ3) is 2.66. The second kappa shape index (κ2) is 5.42. The molecule has 18 heavy (non-hydrogen) atoms. The number of aromatic nitrogens is 2. The van der Waals surface area contributed by atoms with E-state index in [0.717, 1.165) is 17.1 Å². The summed E-state index contributed by atoms with van der Waals surface area (Å²) in [5.41, 5.74) is 4.65. The highest BCUT2D eigenvalue weighted by Gasteiger charge is 2.06. The molecule has 0 amide bonds. The molecule has 0 spiro atoms. The zero-order chi connectivity index (χ0) is 13.1. The molecule has 0 saturated heterocycles. The molecule has 2 aromatic rings. The maximum atomic E-state index is 5.19. The quantitative estimate of drug-likeness (QED) is 0.857. The zero-order valence-corrected chi connectivity index (χ0v) is 11.6. The first kappa shape index (κ1) is 12.9. The smallest absolute Gasteiger partial charge is 0.134 e. The van der Waals surface area contributed by atoms with E-state index in [1.54, 1.807) is 7.11 Å². The summed E-state index contributed by atoms with van der Waals surface area (Å²) in [4.78, 5) is 7.50. The van der Waals surface area contributed by atoms with Crippen molar-refractivity contribution in [3.63, 3.8) is 0 Å². The largest absolute Gasteiger partial charge is 0.377 e. The van der Waals surface area contributed by atoms with Crippen molar-refractivity contribution in [3.8, 4) is 11.3 Å². The zero-order valence-electron chi connectivity index (χ0n) is 10.8. The Labute approximate surface area is 112 Å². The van der Waals surface area contributed by atoms with Crippen molar-refractivity contribution in [3.05, 3.63) is 45.9 Å². The van der Waals surface area contributed by atoms with Gasteiger partial charge in [0.1, 0.15) is 17.1 Å². The van der Waals surface area contributed by atoms with E-state index in [2.05, 4.69) is 35.9 Å². The Hall–Kier alpha value is -1.52. The van der Waals surface area contributed by atoms with Crippen LogP contribution >= 0.6 is 12.2 Å². The fraction of sp³-hybridized carbons (Fsp3) is 0.286. The van der Waals surface area contributed by atoms with Crippen LogP contribution in [0.5, 0.6) is 0 Å². The van der Waals surface area contributed by atoms with Crippen LogP contribution in [0, 0.1) is 18.5 Å². The third-order valence-corrected chi connectivity index (χ3v) is 3.18. The minimum absolute atomic E-state index is 0.433. The minimum atomic E-state index is 0.433. The Balaban J connectivity index is 2.56. The van der Waals surface area contributed by atoms with Crippen molar-refractivity contribution in [1.29, 1.82) is 0 Å². The summed E-state index contributed by atoms with van der Waals surface area (Å²) in [6.45, 7) is 4.64. The van der Waals surface area contributed by atoms with Crippen LogP contribution in [0.2, 0.25) is 0 Å². The van der Waals surface area contributed by atoms with Crippen molar-refractivity contribution in [2.45, 2.75) is 20.5 Å². The van der Waals surface area contributed by atoms with Crippen LogP contribution < -0.4 is 0 Å². The molecule has 1 aromatic heterocycles. The summed E-state index contributed by atoms with van der Waals surface area (Å²) >= 11 is 5.19. The van der Waals surface area contributed by atoms with Crippen molar-refractivity contribution in [2.24, 2.45) is 0 Å². The molecule has 1 N–H and O–H groups in total. The van der Waals surface area contributed by atoms with E-state index in [1.165, 1.54) is 11.1 Å². The summed E-state index contributed by atoms with van der Waals surface area (Å²) in [5, 5.41) is 0. The van der Waals surface area contributed by atoms with Crippen LogP contribution in [-0.4, -0.2) is 17.1 Å². The van der Waals surface area contributed by atoms with Gasteiger partial charge in [0.15, 0.2) is 0 Å². The van der Waals surface area contributed by atoms with E-state index in [0.29, 0.717) is 11.2 Å². The van der Waals surface area contributed by atoms with E-state index in [9.17, 15) is 0 Å². The fourth-order valence-electron chi connectivity index (χ4n) is 1.90. The number of ether oxygens (including phenoxy) is 1. The molecule has 94 valence electrons. The fourth-order valence-corrected chi connectivity index (χ4v) is 2.13. The highest BCUT2D eigenvalue weighted by molar-refractivity contribution is 7.71. The lowest BCUT2D eigenvalue weighted by Gasteiger charge is -2.10. The van der Waals surface area contributed by atoms with Gasteiger partial charge in [-0.3, -0.25) is 0 Å². The van der Waals surface area contributed by atoms with Gasteiger partial charge >= 0.3 is 0 Å². The average Bonchev–Trinajstić information content (AvgIpc) is 2.32. The molecule has 0 unspecified atom stereocenters. The first-order valence-corrected chi connectivity index (χ1v) is 6.18. The van der Waals surface area contributed by atoms with E-state index in [-0.39, 0.29) is 0 Å². The van der Waals surface area contributed by atoms with Gasteiger partial charge in [-0.2, -0.15) is 0 Å². The number of H-pyrrole nitrogens is 1. The van der Waals surface area contributed by atoms with Crippen molar-refractivity contribution < 1.29 is 4.74 Å². The topological polar surface area (TPSA) is 37.9 Å². The Morgan fingerprint density at radius 2 is 2.11 bits per heavy atom. The Morgan fingerprint density at radius 1 is 1.33 bits per heavy atom. The molecule has 1 heterocycles. The van der Waals surface area contributed by atoms with E-state index >= 15 is 0 Å². The molecular weight excluding hydrogens is 244 g/mol. The Kier molecular flexibility index (Phi) is 3.89. The van der Waals surface area contributed by atoms with Crippen molar-refractivity contribution in [2.75, 3.05) is 7.11 Å². The maximum Gasteiger partial charge on any atom is 0.134 e. The summed E-state index contributed by atoms with van der Waals surface area (Å²) in [5.74, 6) is 0.751. The minimum Gasteiger partial charge on any atom is -0.377 e. The SMILES string of the molecule is COCc1nc(=S)cc(-c2cccc(C)c2C)[nH]1. The number of benzene rings is 1. The van der Waals surface area contributed by atoms with Gasteiger partial charge in [0, 0.05) is 12.7 Å². The molecule has 0 fully saturated rings. The molecule has 0 atom stereocenters. The predicted molar refractivity (Wildman–Crippen MR) is 75.0 cm³/mol. The average molecular weight is 260 g/mol. The highest BCUT2D eigenvalue weighted by atomic mass is 32.1. The van der Waals surface area contributed by atoms with Gasteiger partial charge in [-0.15, -0.1) is 0 Å². The number of aromatic amines is 1. The van der Waals surface area contributed by atoms with Gasteiger partial charge in [-0.25, -0.2) is 4.98 Å². The molecule has 0 aliphatic carbocycles. The summed E-state index contributed by atoms with van der Waals surface area (Å²) in [6, 6.07) is 8.12. The lowest BCUT2D eigenvalue weighted by molar-refractivity contribution is 0.177. The molecule has 0 saturated carbocycles. The van der Waals surface area contributed by atoms with Gasteiger partial charge in [-0.1, -0.05) is 30.4 Å². The van der Waals surface area contributed by atoms with Crippen LogP contribution in [0.1, 0.15) is 17.0 Å². The van der Waals surface area contributed by atoms with Gasteiger partial charge in [0.2, 0.25) is 0 Å². The number of nitrogens with one attached hydrogen (secondary N) is 1. The number of hydrogen-bond acceptors (Lipinski definition) is 3. The first-order valence-electron chi connectivity index (χ1n) is 5.77. The third-order valence-electron chi connectivity index (χ3n) is 2.97. The molecule has 1 aromatic carbocycles. The van der Waals surface area contributed by atoms with Crippen LogP contribution in [-0.2, 0) is 11.3 Å². The van der Waals surface area contributed by atoms with Gasteiger partial charge in [-0.05, 0) is 31.0 Å². The number of rotatable bonds is 3. The maximum absolute atomic E-state index is 5.19. The molecule has 0 bridgehead atoms. The number of aryl methyl sites for hydroxylation is 1. The molecule has 0 aliphatic heterocycles. The second-order valence-corrected chi connectivity index (χ2v) is 4.68. The molecule has 4 heteroatoms. The van der Waals surface area contributed by atoms with Gasteiger partial charge < -0.3 is 9.72 Å². The standard InChI is InChI=1S/C14H16N2OS/c1-9-5-4-6-11(10(9)2)12-7-14(18)16-13(15-12)8-17-3/h4-7H,8H2,1-3H3,(H,15,16,18). The summed E-state index contributed by atoms with van der Waals surface area (Å²) < 4.78 is 5.67. The molecule has 2 rings (SSSR count). The lowest BCUT2D eigenvalue weighted by atomic mass is 10.0. The Morgan fingerprint density at radius 3 is 2.83 bits per heavy atom. The molecule has 3 nitrogen and oxygen atoms in total. The summed E-state index contributed by atoms with van der Waals surface area (Å²) in [7, 11) is 1.64. The monoisotopic (exact) mass is 260 g/mol. The van der Waals surface area contributed by atoms with Crippen LogP contribution in [0.3, 0.4) is 0 Å².